The third kappa shape index (κ3) is 3.40. The lowest BCUT2D eigenvalue weighted by atomic mass is 10.2. The van der Waals surface area contributed by atoms with Gasteiger partial charge in [0.05, 0.1) is 0 Å². The van der Waals surface area contributed by atoms with E-state index in [4.69, 9.17) is 10.2 Å². The summed E-state index contributed by atoms with van der Waals surface area (Å²) in [5.74, 6) is 2.75. The topological polar surface area (TPSA) is 72.2 Å². The molecule has 4 heterocycles. The molecule has 2 aromatic heterocycles. The van der Waals surface area contributed by atoms with Crippen molar-refractivity contribution in [2.24, 2.45) is 0 Å². The van der Waals surface area contributed by atoms with Gasteiger partial charge in [0, 0.05) is 51.0 Å². The number of rotatable bonds is 3. The minimum atomic E-state index is 0.464. The molecular weight excluding hydrogens is 326 g/mol. The van der Waals surface area contributed by atoms with Gasteiger partial charge in [-0.3, -0.25) is 0 Å². The molecule has 0 unspecified atom stereocenters. The Kier molecular flexibility index (Phi) is 4.57. The van der Waals surface area contributed by atoms with E-state index in [1.807, 2.05) is 19.1 Å². The fraction of sp³-hybridized carbons (Fsp3) is 0.474. The summed E-state index contributed by atoms with van der Waals surface area (Å²) < 4.78 is 0. The first-order valence-corrected chi connectivity index (χ1v) is 9.20. The molecule has 0 radical (unpaired) electrons. The average Bonchev–Trinajstić information content (AvgIpc) is 3.23. The fourth-order valence-electron chi connectivity index (χ4n) is 3.58. The van der Waals surface area contributed by atoms with Gasteiger partial charge in [-0.2, -0.15) is 10.2 Å². The number of hydrogen-bond acceptors (Lipinski definition) is 7. The predicted molar refractivity (Wildman–Crippen MR) is 102 cm³/mol. The third-order valence-electron chi connectivity index (χ3n) is 4.99. The number of aromatic nitrogens is 3. The molecule has 7 heteroatoms. The molecule has 0 aliphatic carbocycles. The molecule has 0 saturated carbocycles. The van der Waals surface area contributed by atoms with Crippen LogP contribution in [0.1, 0.15) is 24.2 Å². The van der Waals surface area contributed by atoms with Gasteiger partial charge >= 0.3 is 0 Å². The summed E-state index contributed by atoms with van der Waals surface area (Å²) in [6, 6.07) is 9.78. The van der Waals surface area contributed by atoms with E-state index in [-0.39, 0.29) is 0 Å². The van der Waals surface area contributed by atoms with E-state index in [0.29, 0.717) is 5.69 Å². The van der Waals surface area contributed by atoms with Crippen LogP contribution in [0.2, 0.25) is 0 Å². The van der Waals surface area contributed by atoms with Crippen LogP contribution in [0.25, 0.3) is 0 Å². The number of anilines is 3. The first kappa shape index (κ1) is 16.6. The third-order valence-corrected chi connectivity index (χ3v) is 4.99. The molecule has 26 heavy (non-hydrogen) atoms. The number of hydrogen-bond donors (Lipinski definition) is 0. The van der Waals surface area contributed by atoms with E-state index in [2.05, 4.69) is 36.8 Å². The maximum absolute atomic E-state index is 9.04. The number of pyridine rings is 1. The van der Waals surface area contributed by atoms with Crippen molar-refractivity contribution in [3.05, 3.63) is 35.7 Å². The summed E-state index contributed by atoms with van der Waals surface area (Å²) in [4.78, 5) is 20.7. The molecule has 0 bridgehead atoms. The number of piperazine rings is 1. The fourth-order valence-corrected chi connectivity index (χ4v) is 3.58. The maximum atomic E-state index is 9.04. The summed E-state index contributed by atoms with van der Waals surface area (Å²) in [7, 11) is 0. The Morgan fingerprint density at radius 2 is 1.54 bits per heavy atom. The maximum Gasteiger partial charge on any atom is 0.227 e. The van der Waals surface area contributed by atoms with E-state index in [0.717, 1.165) is 62.5 Å². The van der Waals surface area contributed by atoms with E-state index < -0.39 is 0 Å². The standard InChI is InChI=1S/C19H23N7/c1-15-13-18(23-19(21-15)26-7-2-3-8-26)25-11-9-24(10-12-25)17-6-4-5-16(14-20)22-17/h4-6,13H,2-3,7-12H2,1H3. The van der Waals surface area contributed by atoms with Gasteiger partial charge in [-0.05, 0) is 31.9 Å². The highest BCUT2D eigenvalue weighted by Gasteiger charge is 2.22. The van der Waals surface area contributed by atoms with Gasteiger partial charge < -0.3 is 14.7 Å². The van der Waals surface area contributed by atoms with Gasteiger partial charge in [0.15, 0.2) is 0 Å². The van der Waals surface area contributed by atoms with Crippen molar-refractivity contribution >= 4 is 17.6 Å². The van der Waals surface area contributed by atoms with E-state index in [1.54, 1.807) is 6.07 Å². The Hall–Kier alpha value is -2.88. The molecule has 0 spiro atoms. The Morgan fingerprint density at radius 1 is 0.846 bits per heavy atom. The normalized spacial score (nSPS) is 17.5. The highest BCUT2D eigenvalue weighted by atomic mass is 15.3. The molecule has 0 amide bonds. The van der Waals surface area contributed by atoms with Crippen LogP contribution in [0.5, 0.6) is 0 Å². The highest BCUT2D eigenvalue weighted by molar-refractivity contribution is 5.49. The lowest BCUT2D eigenvalue weighted by molar-refractivity contribution is 0.640. The Labute approximate surface area is 153 Å². The number of nitrogens with zero attached hydrogens (tertiary/aromatic N) is 7. The molecule has 4 rings (SSSR count). The number of nitriles is 1. The Bertz CT molecular complexity index is 815. The van der Waals surface area contributed by atoms with Crippen molar-refractivity contribution < 1.29 is 0 Å². The van der Waals surface area contributed by atoms with Gasteiger partial charge in [0.1, 0.15) is 23.4 Å². The first-order chi connectivity index (χ1) is 12.7. The van der Waals surface area contributed by atoms with Crippen LogP contribution >= 0.6 is 0 Å². The monoisotopic (exact) mass is 349 g/mol. The summed E-state index contributed by atoms with van der Waals surface area (Å²) in [6.45, 7) is 7.64. The van der Waals surface area contributed by atoms with Gasteiger partial charge in [0.2, 0.25) is 5.95 Å². The van der Waals surface area contributed by atoms with Gasteiger partial charge in [-0.1, -0.05) is 6.07 Å². The van der Waals surface area contributed by atoms with Gasteiger partial charge in [0.25, 0.3) is 0 Å². The molecule has 0 N–H and O–H groups in total. The van der Waals surface area contributed by atoms with Gasteiger partial charge in [-0.25, -0.2) is 9.97 Å². The lowest BCUT2D eigenvalue weighted by Gasteiger charge is -2.36. The highest BCUT2D eigenvalue weighted by Crippen LogP contribution is 2.23. The minimum Gasteiger partial charge on any atom is -0.353 e. The van der Waals surface area contributed by atoms with Crippen LogP contribution in [0, 0.1) is 18.3 Å². The van der Waals surface area contributed by atoms with Crippen molar-refractivity contribution in [2.45, 2.75) is 19.8 Å². The average molecular weight is 349 g/mol. The van der Waals surface area contributed by atoms with Gasteiger partial charge in [-0.15, -0.1) is 0 Å². The molecule has 0 aromatic carbocycles. The summed E-state index contributed by atoms with van der Waals surface area (Å²) in [5, 5.41) is 9.04. The van der Waals surface area contributed by atoms with Crippen molar-refractivity contribution in [2.75, 3.05) is 54.0 Å². The van der Waals surface area contributed by atoms with Crippen LogP contribution in [0.4, 0.5) is 17.6 Å². The Morgan fingerprint density at radius 3 is 2.23 bits per heavy atom. The zero-order valence-corrected chi connectivity index (χ0v) is 15.1. The van der Waals surface area contributed by atoms with Crippen molar-refractivity contribution in [1.29, 1.82) is 5.26 Å². The molecule has 2 fully saturated rings. The second-order valence-electron chi connectivity index (χ2n) is 6.83. The number of aryl methyl sites for hydroxylation is 1. The first-order valence-electron chi connectivity index (χ1n) is 9.20. The van der Waals surface area contributed by atoms with E-state index >= 15 is 0 Å². The molecular formula is C19H23N7. The molecule has 2 aliphatic heterocycles. The van der Waals surface area contributed by atoms with Crippen molar-refractivity contribution in [3.63, 3.8) is 0 Å². The molecule has 0 atom stereocenters. The van der Waals surface area contributed by atoms with Crippen LogP contribution in [-0.2, 0) is 0 Å². The Balaban J connectivity index is 1.47. The van der Waals surface area contributed by atoms with Crippen LogP contribution in [0.3, 0.4) is 0 Å². The molecule has 2 aliphatic rings. The SMILES string of the molecule is Cc1cc(N2CCN(c3cccc(C#N)n3)CC2)nc(N2CCCC2)n1. The van der Waals surface area contributed by atoms with E-state index in [9.17, 15) is 0 Å². The quantitative estimate of drug-likeness (QED) is 0.839. The van der Waals surface area contributed by atoms with Crippen molar-refractivity contribution in [1.82, 2.24) is 15.0 Å². The lowest BCUT2D eigenvalue weighted by Crippen LogP contribution is -2.47. The molecule has 2 aromatic rings. The second kappa shape index (κ2) is 7.16. The molecule has 134 valence electrons. The smallest absolute Gasteiger partial charge is 0.227 e. The van der Waals surface area contributed by atoms with E-state index in [1.165, 1.54) is 12.8 Å². The molecule has 7 nitrogen and oxygen atoms in total. The van der Waals surface area contributed by atoms with Crippen molar-refractivity contribution in [3.8, 4) is 6.07 Å². The zero-order chi connectivity index (χ0) is 17.9. The largest absolute Gasteiger partial charge is 0.353 e. The minimum absolute atomic E-state index is 0.464. The second-order valence-corrected chi connectivity index (χ2v) is 6.83. The zero-order valence-electron chi connectivity index (χ0n) is 15.1. The summed E-state index contributed by atoms with van der Waals surface area (Å²) in [5.41, 5.74) is 1.48. The predicted octanol–water partition coefficient (Wildman–Crippen LogP) is 1.98. The summed E-state index contributed by atoms with van der Waals surface area (Å²) >= 11 is 0. The summed E-state index contributed by atoms with van der Waals surface area (Å²) in [6.07, 6.45) is 2.44. The van der Waals surface area contributed by atoms with Crippen LogP contribution < -0.4 is 14.7 Å². The molecule has 2 saturated heterocycles. The van der Waals surface area contributed by atoms with Crippen LogP contribution in [-0.4, -0.2) is 54.2 Å². The van der Waals surface area contributed by atoms with Crippen LogP contribution in [0.15, 0.2) is 24.3 Å².